The summed E-state index contributed by atoms with van der Waals surface area (Å²) < 4.78 is 4.45. The molecule has 0 bridgehead atoms. The van der Waals surface area contributed by atoms with Gasteiger partial charge in [0.15, 0.2) is 0 Å². The van der Waals surface area contributed by atoms with Gasteiger partial charge in [0.2, 0.25) is 6.33 Å². The minimum Gasteiger partial charge on any atom is -0.391 e. The Morgan fingerprint density at radius 2 is 2.67 bits per heavy atom. The third kappa shape index (κ3) is 1.52. The molecule has 5 heteroatoms. The number of esters is 1. The molecule has 1 aromatic heterocycles. The maximum atomic E-state index is 10.2. The predicted molar refractivity (Wildman–Crippen MR) is 26.5 cm³/mol. The molecule has 0 fully saturated rings. The Labute approximate surface area is 51.1 Å². The van der Waals surface area contributed by atoms with Crippen LogP contribution in [0.15, 0.2) is 0 Å². The Morgan fingerprint density at radius 1 is 1.89 bits per heavy atom. The second-order valence-corrected chi connectivity index (χ2v) is 1.33. The number of hydrogen-bond acceptors (Lipinski definition) is 4. The topological polar surface area (TPSA) is 67.9 Å². The summed E-state index contributed by atoms with van der Waals surface area (Å²) in [7, 11) is 0. The lowest BCUT2D eigenvalue weighted by atomic mass is 10.8. The van der Waals surface area contributed by atoms with Gasteiger partial charge in [-0.1, -0.05) is 0 Å². The SMILES string of the molecule is CC(=O)Oc1n[c]n[nH]1. The number of ether oxygens (including phenoxy) is 1. The fourth-order valence-corrected chi connectivity index (χ4v) is 0.350. The van der Waals surface area contributed by atoms with Crippen molar-refractivity contribution in [2.75, 3.05) is 0 Å². The molecule has 0 aliphatic carbocycles. The second kappa shape index (κ2) is 2.25. The van der Waals surface area contributed by atoms with Gasteiger partial charge in [-0.25, -0.2) is 5.10 Å². The molecular formula is C4H4N3O2. The average Bonchev–Trinajstić information content (AvgIpc) is 2.15. The molecule has 0 aliphatic heterocycles. The van der Waals surface area contributed by atoms with E-state index < -0.39 is 5.97 Å². The van der Waals surface area contributed by atoms with Crippen LogP contribution in [0.4, 0.5) is 0 Å². The van der Waals surface area contributed by atoms with Crippen LogP contribution in [0.1, 0.15) is 6.92 Å². The van der Waals surface area contributed by atoms with E-state index in [0.717, 1.165) is 0 Å². The Hall–Kier alpha value is -1.39. The number of carbonyl (C=O) groups is 1. The molecule has 0 atom stereocenters. The zero-order chi connectivity index (χ0) is 6.69. The maximum Gasteiger partial charge on any atom is 0.320 e. The van der Waals surface area contributed by atoms with Gasteiger partial charge in [-0.3, -0.25) is 4.79 Å². The number of rotatable bonds is 1. The zero-order valence-electron chi connectivity index (χ0n) is 4.71. The van der Waals surface area contributed by atoms with Gasteiger partial charge in [-0.05, 0) is 0 Å². The summed E-state index contributed by atoms with van der Waals surface area (Å²) in [4.78, 5) is 13.6. The van der Waals surface area contributed by atoms with Crippen molar-refractivity contribution in [1.82, 2.24) is 15.2 Å². The van der Waals surface area contributed by atoms with Gasteiger partial charge < -0.3 is 4.74 Å². The minimum atomic E-state index is -0.430. The molecule has 0 spiro atoms. The summed E-state index contributed by atoms with van der Waals surface area (Å²) in [5.74, 6) is -0.430. The van der Waals surface area contributed by atoms with Crippen LogP contribution >= 0.6 is 0 Å². The summed E-state index contributed by atoms with van der Waals surface area (Å²) in [6.45, 7) is 1.28. The van der Waals surface area contributed by atoms with Crippen molar-refractivity contribution < 1.29 is 9.53 Å². The van der Waals surface area contributed by atoms with Gasteiger partial charge in [0.25, 0.3) is 0 Å². The number of hydrogen-bond donors (Lipinski definition) is 1. The minimum absolute atomic E-state index is 0.0718. The van der Waals surface area contributed by atoms with E-state index >= 15 is 0 Å². The van der Waals surface area contributed by atoms with E-state index in [2.05, 4.69) is 26.2 Å². The Bertz CT molecular complexity index is 194. The molecule has 0 aliphatic rings. The molecule has 0 unspecified atom stereocenters. The first-order chi connectivity index (χ1) is 4.29. The molecule has 0 amide bonds. The van der Waals surface area contributed by atoms with Crippen molar-refractivity contribution >= 4 is 5.97 Å². The van der Waals surface area contributed by atoms with Crippen LogP contribution in [0, 0.1) is 6.33 Å². The number of nitrogens with one attached hydrogen (secondary N) is 1. The second-order valence-electron chi connectivity index (χ2n) is 1.33. The summed E-state index contributed by atoms with van der Waals surface area (Å²) in [5.41, 5.74) is 0. The number of aromatic amines is 1. The van der Waals surface area contributed by atoms with Crippen LogP contribution in [0.5, 0.6) is 6.01 Å². The van der Waals surface area contributed by atoms with E-state index in [1.807, 2.05) is 0 Å². The van der Waals surface area contributed by atoms with Gasteiger partial charge in [0.05, 0.1) is 0 Å². The molecule has 0 saturated carbocycles. The molecule has 1 N–H and O–H groups in total. The van der Waals surface area contributed by atoms with Gasteiger partial charge in [0.1, 0.15) is 0 Å². The van der Waals surface area contributed by atoms with Crippen molar-refractivity contribution in [1.29, 1.82) is 0 Å². The van der Waals surface area contributed by atoms with Crippen LogP contribution in [-0.2, 0) is 4.79 Å². The van der Waals surface area contributed by atoms with Crippen molar-refractivity contribution in [2.24, 2.45) is 0 Å². The summed E-state index contributed by atoms with van der Waals surface area (Å²) in [6, 6.07) is 0.0718. The fourth-order valence-electron chi connectivity index (χ4n) is 0.350. The molecule has 0 aromatic carbocycles. The van der Waals surface area contributed by atoms with Gasteiger partial charge in [0, 0.05) is 6.92 Å². The quantitative estimate of drug-likeness (QED) is 0.516. The van der Waals surface area contributed by atoms with Crippen LogP contribution < -0.4 is 4.74 Å². The van der Waals surface area contributed by atoms with Crippen LogP contribution in [0.3, 0.4) is 0 Å². The normalized spacial score (nSPS) is 9.00. The molecule has 47 valence electrons. The number of aromatic nitrogens is 3. The molecule has 0 saturated heterocycles. The monoisotopic (exact) mass is 126 g/mol. The summed E-state index contributed by atoms with van der Waals surface area (Å²) in [5, 5.41) is 5.65. The van der Waals surface area contributed by atoms with Crippen molar-refractivity contribution in [3.05, 3.63) is 6.33 Å². The Kier molecular flexibility index (Phi) is 1.44. The standard InChI is InChI=1S/C4H4N3O2/c1-3(8)9-4-5-2-6-7-4/h1H3,(H,5,6,7). The van der Waals surface area contributed by atoms with Gasteiger partial charge in [-0.2, -0.15) is 4.98 Å². The highest BCUT2D eigenvalue weighted by molar-refractivity contribution is 5.68. The molecule has 1 radical (unpaired) electrons. The lowest BCUT2D eigenvalue weighted by Crippen LogP contribution is -2.02. The third-order valence-electron chi connectivity index (χ3n) is 0.593. The number of H-pyrrole nitrogens is 1. The molecule has 9 heavy (non-hydrogen) atoms. The van der Waals surface area contributed by atoms with Gasteiger partial charge >= 0.3 is 12.0 Å². The lowest BCUT2D eigenvalue weighted by molar-refractivity contribution is -0.132. The van der Waals surface area contributed by atoms with E-state index in [1.54, 1.807) is 0 Å². The maximum absolute atomic E-state index is 10.2. The first-order valence-corrected chi connectivity index (χ1v) is 2.26. The van der Waals surface area contributed by atoms with Crippen molar-refractivity contribution in [3.63, 3.8) is 0 Å². The van der Waals surface area contributed by atoms with Crippen LogP contribution in [0.25, 0.3) is 0 Å². The highest BCUT2D eigenvalue weighted by atomic mass is 16.5. The van der Waals surface area contributed by atoms with Crippen LogP contribution in [-0.4, -0.2) is 21.2 Å². The Morgan fingerprint density at radius 3 is 3.11 bits per heavy atom. The zero-order valence-corrected chi connectivity index (χ0v) is 4.71. The number of nitrogens with zero attached hydrogens (tertiary/aromatic N) is 2. The lowest BCUT2D eigenvalue weighted by Gasteiger charge is -1.89. The fraction of sp³-hybridized carbons (Fsp3) is 0.250. The van der Waals surface area contributed by atoms with Crippen molar-refractivity contribution in [2.45, 2.75) is 6.92 Å². The number of carbonyl (C=O) groups excluding carboxylic acids is 1. The van der Waals surface area contributed by atoms with E-state index in [-0.39, 0.29) is 6.01 Å². The first-order valence-electron chi connectivity index (χ1n) is 2.26. The summed E-state index contributed by atoms with van der Waals surface area (Å²) in [6.07, 6.45) is 2.20. The first kappa shape index (κ1) is 5.74. The van der Waals surface area contributed by atoms with E-state index in [0.29, 0.717) is 0 Å². The predicted octanol–water partition coefficient (Wildman–Crippen LogP) is -0.470. The largest absolute Gasteiger partial charge is 0.391 e. The molecule has 1 rings (SSSR count). The van der Waals surface area contributed by atoms with Crippen molar-refractivity contribution in [3.8, 4) is 6.01 Å². The molecule has 5 nitrogen and oxygen atoms in total. The van der Waals surface area contributed by atoms with E-state index in [9.17, 15) is 4.79 Å². The Balaban J connectivity index is 2.58. The van der Waals surface area contributed by atoms with E-state index in [1.165, 1.54) is 6.92 Å². The van der Waals surface area contributed by atoms with E-state index in [4.69, 9.17) is 0 Å². The molecule has 1 aromatic rings. The summed E-state index contributed by atoms with van der Waals surface area (Å²) >= 11 is 0. The highest BCUT2D eigenvalue weighted by Crippen LogP contribution is 1.94. The van der Waals surface area contributed by atoms with Crippen LogP contribution in [0.2, 0.25) is 0 Å². The smallest absolute Gasteiger partial charge is 0.320 e. The molecular weight excluding hydrogens is 122 g/mol. The molecule has 1 heterocycles. The highest BCUT2D eigenvalue weighted by Gasteiger charge is 1.97. The average molecular weight is 126 g/mol. The third-order valence-corrected chi connectivity index (χ3v) is 0.593. The van der Waals surface area contributed by atoms with Gasteiger partial charge in [-0.15, -0.1) is 5.10 Å².